The van der Waals surface area contributed by atoms with E-state index < -0.39 is 22.5 Å². The van der Waals surface area contributed by atoms with Crippen LogP contribution < -0.4 is 15.2 Å². The summed E-state index contributed by atoms with van der Waals surface area (Å²) in [5, 5.41) is 34.8. The van der Waals surface area contributed by atoms with Crippen molar-refractivity contribution in [3.05, 3.63) is 57.6 Å². The fourth-order valence-electron chi connectivity index (χ4n) is 1.82. The van der Waals surface area contributed by atoms with Crippen molar-refractivity contribution >= 4 is 23.3 Å². The number of nitrogens with zero attached hydrogens (tertiary/aromatic N) is 1. The molecule has 11 nitrogen and oxygen atoms in total. The zero-order valence-electron chi connectivity index (χ0n) is 15.3. The van der Waals surface area contributed by atoms with Crippen molar-refractivity contribution in [2.45, 2.75) is 0 Å². The molecule has 5 N–H and O–H groups in total. The van der Waals surface area contributed by atoms with Crippen molar-refractivity contribution in [1.82, 2.24) is 0 Å². The molecule has 0 atom stereocenters. The summed E-state index contributed by atoms with van der Waals surface area (Å²) >= 11 is 0. The fourth-order valence-corrected chi connectivity index (χ4v) is 1.82. The lowest BCUT2D eigenvalue weighted by Gasteiger charge is -2.03. The number of methoxy groups -OCH3 is 2. The van der Waals surface area contributed by atoms with Gasteiger partial charge in [0, 0.05) is 24.9 Å². The SMILES string of the molecule is CO.COc1ccc(N)c(C(=O)O)c1.COc1ccc([N+](=O)[O-])c(C(=O)O)c1. The van der Waals surface area contributed by atoms with Crippen LogP contribution in [0.2, 0.25) is 0 Å². The molecule has 2 aromatic carbocycles. The standard InChI is InChI=1S/C8H7NO5.C8H9NO3.CH4O/c1-14-5-2-3-7(9(12)13)6(4-5)8(10)11;1-12-5-2-3-7(9)6(4-5)8(10)11;1-2/h2-4H,1H3,(H,10,11);2-4H,9H2,1H3,(H,10,11);2H,1H3. The zero-order valence-corrected chi connectivity index (χ0v) is 15.3. The van der Waals surface area contributed by atoms with Gasteiger partial charge >= 0.3 is 11.9 Å². The minimum Gasteiger partial charge on any atom is -0.497 e. The van der Waals surface area contributed by atoms with Gasteiger partial charge in [0.1, 0.15) is 17.1 Å². The lowest BCUT2D eigenvalue weighted by atomic mass is 10.2. The van der Waals surface area contributed by atoms with Crippen LogP contribution in [0.5, 0.6) is 11.5 Å². The van der Waals surface area contributed by atoms with Crippen LogP contribution in [0.1, 0.15) is 20.7 Å². The van der Waals surface area contributed by atoms with E-state index in [4.69, 9.17) is 30.5 Å². The number of aliphatic hydroxyl groups excluding tert-OH is 1. The number of aromatic carboxylic acids is 2. The predicted octanol–water partition coefficient (Wildman–Crippen LogP) is 1.89. The molecule has 0 saturated carbocycles. The number of nitrogens with two attached hydrogens (primary N) is 1. The Morgan fingerprint density at radius 2 is 1.36 bits per heavy atom. The molecular formula is C17H20N2O9. The van der Waals surface area contributed by atoms with Crippen LogP contribution in [0.25, 0.3) is 0 Å². The van der Waals surface area contributed by atoms with Crippen molar-refractivity contribution in [2.75, 3.05) is 27.1 Å². The lowest BCUT2D eigenvalue weighted by molar-refractivity contribution is -0.385. The van der Waals surface area contributed by atoms with Gasteiger partial charge < -0.3 is 30.5 Å². The number of carbonyl (C=O) groups is 2. The van der Waals surface area contributed by atoms with Crippen LogP contribution >= 0.6 is 0 Å². The second kappa shape index (κ2) is 11.7. The average molecular weight is 396 g/mol. The summed E-state index contributed by atoms with van der Waals surface area (Å²) in [6, 6.07) is 8.05. The van der Waals surface area contributed by atoms with Gasteiger partial charge in [0.2, 0.25) is 0 Å². The van der Waals surface area contributed by atoms with Gasteiger partial charge in [0.25, 0.3) is 5.69 Å². The number of aliphatic hydroxyl groups is 1. The van der Waals surface area contributed by atoms with E-state index in [0.717, 1.165) is 19.2 Å². The molecule has 0 aliphatic heterocycles. The Morgan fingerprint density at radius 3 is 1.75 bits per heavy atom. The third-order valence-corrected chi connectivity index (χ3v) is 3.12. The van der Waals surface area contributed by atoms with Crippen LogP contribution in [-0.2, 0) is 0 Å². The number of hydrogen-bond donors (Lipinski definition) is 4. The molecule has 0 bridgehead atoms. The van der Waals surface area contributed by atoms with Gasteiger partial charge in [0.05, 0.1) is 24.7 Å². The summed E-state index contributed by atoms with van der Waals surface area (Å²) < 4.78 is 9.59. The molecule has 2 rings (SSSR count). The summed E-state index contributed by atoms with van der Waals surface area (Å²) in [6.45, 7) is 0. The molecule has 0 spiro atoms. The molecule has 0 heterocycles. The Kier molecular flexibility index (Phi) is 10.1. The summed E-state index contributed by atoms with van der Waals surface area (Å²) in [4.78, 5) is 30.9. The Bertz CT molecular complexity index is 837. The smallest absolute Gasteiger partial charge is 0.342 e. The van der Waals surface area contributed by atoms with E-state index in [1.54, 1.807) is 6.07 Å². The van der Waals surface area contributed by atoms with E-state index in [1.165, 1.54) is 32.4 Å². The zero-order chi connectivity index (χ0) is 21.9. The van der Waals surface area contributed by atoms with Gasteiger partial charge in [-0.15, -0.1) is 0 Å². The molecule has 0 fully saturated rings. The average Bonchev–Trinajstić information content (AvgIpc) is 2.69. The third-order valence-electron chi connectivity index (χ3n) is 3.12. The van der Waals surface area contributed by atoms with Crippen molar-refractivity contribution in [1.29, 1.82) is 0 Å². The normalized spacial score (nSPS) is 9.00. The molecular weight excluding hydrogens is 376 g/mol. The molecule has 2 aromatic rings. The molecule has 11 heteroatoms. The van der Waals surface area contributed by atoms with Crippen LogP contribution in [-0.4, -0.2) is 53.5 Å². The summed E-state index contributed by atoms with van der Waals surface area (Å²) in [6.07, 6.45) is 0. The number of carboxylic acids is 2. The summed E-state index contributed by atoms with van der Waals surface area (Å²) in [5.74, 6) is -1.64. The number of ether oxygens (including phenoxy) is 2. The molecule has 28 heavy (non-hydrogen) atoms. The van der Waals surface area contributed by atoms with Gasteiger partial charge in [-0.05, 0) is 24.3 Å². The first-order chi connectivity index (χ1) is 13.2. The van der Waals surface area contributed by atoms with Crippen LogP contribution in [0.4, 0.5) is 11.4 Å². The quantitative estimate of drug-likeness (QED) is 0.331. The van der Waals surface area contributed by atoms with Crippen molar-refractivity contribution < 1.29 is 39.3 Å². The van der Waals surface area contributed by atoms with Gasteiger partial charge in [-0.2, -0.15) is 0 Å². The number of benzene rings is 2. The van der Waals surface area contributed by atoms with Gasteiger partial charge in [-0.3, -0.25) is 10.1 Å². The van der Waals surface area contributed by atoms with Crippen molar-refractivity contribution in [3.8, 4) is 11.5 Å². The highest BCUT2D eigenvalue weighted by atomic mass is 16.6. The Balaban J connectivity index is 0.000000483. The van der Waals surface area contributed by atoms with Crippen LogP contribution in [0.15, 0.2) is 36.4 Å². The highest BCUT2D eigenvalue weighted by molar-refractivity contribution is 5.94. The maximum absolute atomic E-state index is 10.6. The highest BCUT2D eigenvalue weighted by Crippen LogP contribution is 2.23. The predicted molar refractivity (Wildman–Crippen MR) is 99.1 cm³/mol. The Hall–Kier alpha value is -3.86. The Labute approximate surface area is 159 Å². The fraction of sp³-hybridized carbons (Fsp3) is 0.176. The van der Waals surface area contributed by atoms with Crippen molar-refractivity contribution in [2.24, 2.45) is 0 Å². The van der Waals surface area contributed by atoms with Gasteiger partial charge in [0.15, 0.2) is 0 Å². The van der Waals surface area contributed by atoms with Crippen LogP contribution in [0.3, 0.4) is 0 Å². The number of hydrogen-bond acceptors (Lipinski definition) is 8. The number of nitrogen functional groups attached to an aromatic ring is 1. The number of nitro groups is 1. The molecule has 0 aliphatic rings. The minimum absolute atomic E-state index is 0.0642. The molecule has 0 saturated heterocycles. The lowest BCUT2D eigenvalue weighted by Crippen LogP contribution is -2.02. The summed E-state index contributed by atoms with van der Waals surface area (Å²) in [7, 11) is 3.82. The third kappa shape index (κ3) is 6.80. The molecule has 0 amide bonds. The first-order valence-electron chi connectivity index (χ1n) is 7.38. The van der Waals surface area contributed by atoms with Gasteiger partial charge in [-0.25, -0.2) is 9.59 Å². The Morgan fingerprint density at radius 1 is 0.929 bits per heavy atom. The monoisotopic (exact) mass is 396 g/mol. The van der Waals surface area contributed by atoms with E-state index in [2.05, 4.69) is 0 Å². The van der Waals surface area contributed by atoms with E-state index in [-0.39, 0.29) is 22.6 Å². The summed E-state index contributed by atoms with van der Waals surface area (Å²) in [5.41, 5.74) is 4.89. The molecule has 0 radical (unpaired) electrons. The van der Waals surface area contributed by atoms with E-state index >= 15 is 0 Å². The number of anilines is 1. The maximum atomic E-state index is 10.6. The number of carboxylic acid groups (broad SMARTS) is 2. The van der Waals surface area contributed by atoms with E-state index in [1.807, 2.05) is 0 Å². The highest BCUT2D eigenvalue weighted by Gasteiger charge is 2.19. The first-order valence-corrected chi connectivity index (χ1v) is 7.38. The minimum atomic E-state index is -1.35. The molecule has 0 aromatic heterocycles. The largest absolute Gasteiger partial charge is 0.497 e. The molecule has 0 aliphatic carbocycles. The second-order valence-corrected chi connectivity index (χ2v) is 4.70. The maximum Gasteiger partial charge on any atom is 0.342 e. The first kappa shape index (κ1) is 24.1. The second-order valence-electron chi connectivity index (χ2n) is 4.70. The topological polar surface area (TPSA) is 182 Å². The van der Waals surface area contributed by atoms with Crippen molar-refractivity contribution in [3.63, 3.8) is 0 Å². The number of rotatable bonds is 5. The van der Waals surface area contributed by atoms with E-state index in [9.17, 15) is 19.7 Å². The van der Waals surface area contributed by atoms with Crippen LogP contribution in [0, 0.1) is 10.1 Å². The molecule has 0 unspecified atom stereocenters. The number of nitro benzene ring substituents is 1. The molecule has 152 valence electrons. The van der Waals surface area contributed by atoms with Gasteiger partial charge in [-0.1, -0.05) is 0 Å². The van der Waals surface area contributed by atoms with E-state index in [0.29, 0.717) is 5.75 Å².